The summed E-state index contributed by atoms with van der Waals surface area (Å²) in [6, 6.07) is 20.7. The summed E-state index contributed by atoms with van der Waals surface area (Å²) in [6.07, 6.45) is 3.77. The van der Waals surface area contributed by atoms with Gasteiger partial charge in [0, 0.05) is 44.1 Å². The summed E-state index contributed by atoms with van der Waals surface area (Å²) in [5, 5.41) is 9.73. The van der Waals surface area contributed by atoms with E-state index in [0.29, 0.717) is 0 Å². The predicted octanol–water partition coefficient (Wildman–Crippen LogP) is 4.01. The number of hydrogen-bond acceptors (Lipinski definition) is 3. The fourth-order valence-corrected chi connectivity index (χ4v) is 3.78. The Bertz CT molecular complexity index is 903. The van der Waals surface area contributed by atoms with Gasteiger partial charge in [-0.3, -0.25) is 4.90 Å². The Morgan fingerprint density at radius 1 is 0.926 bits per heavy atom. The van der Waals surface area contributed by atoms with Crippen molar-refractivity contribution in [2.24, 2.45) is 0 Å². The number of benzene rings is 2. The first kappa shape index (κ1) is 18.0. The Morgan fingerprint density at radius 3 is 2.44 bits per heavy atom. The smallest absolute Gasteiger partial charge is 0.137 e. The molecule has 138 valence electrons. The minimum Gasteiger partial charge on any atom is -0.313 e. The summed E-state index contributed by atoms with van der Waals surface area (Å²) >= 11 is 6.51. The number of halogens is 1. The average Bonchev–Trinajstić information content (AvgIpc) is 2.95. The van der Waals surface area contributed by atoms with E-state index in [2.05, 4.69) is 56.1 Å². The molecule has 2 aromatic carbocycles. The molecule has 0 N–H and O–H groups in total. The molecule has 27 heavy (non-hydrogen) atoms. The van der Waals surface area contributed by atoms with E-state index in [0.717, 1.165) is 61.3 Å². The van der Waals surface area contributed by atoms with Crippen LogP contribution in [0.2, 0.25) is 0 Å². The van der Waals surface area contributed by atoms with E-state index in [1.807, 2.05) is 30.3 Å². The van der Waals surface area contributed by atoms with Crippen LogP contribution in [-0.4, -0.2) is 39.3 Å². The van der Waals surface area contributed by atoms with E-state index in [1.165, 1.54) is 5.56 Å². The third-order valence-electron chi connectivity index (χ3n) is 4.90. The van der Waals surface area contributed by atoms with Crippen molar-refractivity contribution in [1.29, 1.82) is 0 Å². The van der Waals surface area contributed by atoms with Gasteiger partial charge in [0.15, 0.2) is 0 Å². The fourth-order valence-electron chi connectivity index (χ4n) is 3.48. The summed E-state index contributed by atoms with van der Waals surface area (Å²) in [4.78, 5) is 2.39. The molecule has 0 atom stereocenters. The van der Waals surface area contributed by atoms with Crippen molar-refractivity contribution in [3.05, 3.63) is 88.5 Å². The average molecular weight is 379 g/mol. The van der Waals surface area contributed by atoms with Gasteiger partial charge in [-0.15, -0.1) is 10.2 Å². The molecule has 0 spiro atoms. The Labute approximate surface area is 165 Å². The molecule has 0 saturated heterocycles. The van der Waals surface area contributed by atoms with Crippen LogP contribution in [0.1, 0.15) is 22.8 Å². The van der Waals surface area contributed by atoms with Crippen molar-refractivity contribution in [3.63, 3.8) is 0 Å². The van der Waals surface area contributed by atoms with Gasteiger partial charge in [0.2, 0.25) is 0 Å². The topological polar surface area (TPSA) is 34.0 Å². The Balaban J connectivity index is 1.41. The number of rotatable bonds is 5. The van der Waals surface area contributed by atoms with Crippen LogP contribution in [0.25, 0.3) is 6.08 Å². The van der Waals surface area contributed by atoms with Gasteiger partial charge in [-0.25, -0.2) is 0 Å². The molecule has 0 radical (unpaired) electrons. The predicted molar refractivity (Wildman–Crippen MR) is 110 cm³/mol. The lowest BCUT2D eigenvalue weighted by molar-refractivity contribution is 0.306. The van der Waals surface area contributed by atoms with Gasteiger partial charge in [-0.05, 0) is 17.2 Å². The van der Waals surface area contributed by atoms with Crippen LogP contribution in [0.3, 0.4) is 0 Å². The monoisotopic (exact) mass is 378 g/mol. The van der Waals surface area contributed by atoms with Crippen LogP contribution < -0.4 is 0 Å². The second-order valence-electron chi connectivity index (χ2n) is 6.87. The lowest BCUT2D eigenvalue weighted by Gasteiger charge is -2.19. The molecule has 0 saturated carbocycles. The Morgan fingerprint density at radius 2 is 1.67 bits per heavy atom. The van der Waals surface area contributed by atoms with E-state index < -0.39 is 0 Å². The summed E-state index contributed by atoms with van der Waals surface area (Å²) < 4.78 is 2.28. The molecule has 5 heteroatoms. The molecule has 1 aromatic heterocycles. The third kappa shape index (κ3) is 4.65. The van der Waals surface area contributed by atoms with Crippen molar-refractivity contribution in [3.8, 4) is 0 Å². The maximum absolute atomic E-state index is 6.51. The van der Waals surface area contributed by atoms with Crippen molar-refractivity contribution in [2.45, 2.75) is 19.4 Å². The highest BCUT2D eigenvalue weighted by Crippen LogP contribution is 2.16. The molecule has 0 bridgehead atoms. The number of aromatic nitrogens is 3. The standard InChI is InChI=1S/C22H23ClN4/c23-20(15-18-7-3-1-4-8-18)17-26-12-11-21-24-25-22(27(21)14-13-26)16-19-9-5-2-6-10-19/h1-10,15H,11-14,16-17H2/b20-15-. The maximum Gasteiger partial charge on any atom is 0.137 e. The largest absolute Gasteiger partial charge is 0.313 e. The summed E-state index contributed by atoms with van der Waals surface area (Å²) in [5.74, 6) is 2.12. The van der Waals surface area contributed by atoms with Crippen LogP contribution >= 0.6 is 11.6 Å². The maximum atomic E-state index is 6.51. The molecule has 4 nitrogen and oxygen atoms in total. The van der Waals surface area contributed by atoms with Crippen LogP contribution in [0, 0.1) is 0 Å². The van der Waals surface area contributed by atoms with E-state index >= 15 is 0 Å². The fraction of sp³-hybridized carbons (Fsp3) is 0.273. The van der Waals surface area contributed by atoms with Crippen LogP contribution in [0.4, 0.5) is 0 Å². The van der Waals surface area contributed by atoms with Gasteiger partial charge >= 0.3 is 0 Å². The SMILES string of the molecule is Cl/C(=C\c1ccccc1)CN1CCc2nnc(Cc3ccccc3)n2CC1. The molecule has 0 aliphatic carbocycles. The Hall–Kier alpha value is -2.43. The van der Waals surface area contributed by atoms with Crippen molar-refractivity contribution < 1.29 is 0 Å². The molecule has 2 heterocycles. The van der Waals surface area contributed by atoms with E-state index in [-0.39, 0.29) is 0 Å². The zero-order chi connectivity index (χ0) is 18.5. The van der Waals surface area contributed by atoms with Crippen LogP contribution in [-0.2, 0) is 19.4 Å². The highest BCUT2D eigenvalue weighted by Gasteiger charge is 2.19. The molecule has 3 aromatic rings. The lowest BCUT2D eigenvalue weighted by atomic mass is 10.1. The van der Waals surface area contributed by atoms with E-state index in [4.69, 9.17) is 11.6 Å². The number of fused-ring (bicyclic) bond motifs is 1. The highest BCUT2D eigenvalue weighted by molar-refractivity contribution is 6.31. The van der Waals surface area contributed by atoms with Gasteiger partial charge in [-0.1, -0.05) is 72.3 Å². The van der Waals surface area contributed by atoms with Crippen LogP contribution in [0.15, 0.2) is 65.7 Å². The van der Waals surface area contributed by atoms with Crippen molar-refractivity contribution in [1.82, 2.24) is 19.7 Å². The summed E-state index contributed by atoms with van der Waals surface area (Å²) in [5.41, 5.74) is 2.40. The normalized spacial score (nSPS) is 15.4. The minimum absolute atomic E-state index is 0.767. The number of hydrogen-bond donors (Lipinski definition) is 0. The Kier molecular flexibility index (Phi) is 5.66. The quantitative estimate of drug-likeness (QED) is 0.672. The zero-order valence-corrected chi connectivity index (χ0v) is 16.0. The zero-order valence-electron chi connectivity index (χ0n) is 15.3. The first-order chi connectivity index (χ1) is 13.3. The van der Waals surface area contributed by atoms with E-state index in [9.17, 15) is 0 Å². The summed E-state index contributed by atoms with van der Waals surface area (Å²) in [7, 11) is 0. The lowest BCUT2D eigenvalue weighted by Crippen LogP contribution is -2.28. The second kappa shape index (κ2) is 8.51. The second-order valence-corrected chi connectivity index (χ2v) is 7.36. The first-order valence-electron chi connectivity index (χ1n) is 9.36. The van der Waals surface area contributed by atoms with Gasteiger partial charge in [0.05, 0.1) is 0 Å². The molecule has 4 rings (SSSR count). The van der Waals surface area contributed by atoms with Gasteiger partial charge < -0.3 is 4.57 Å². The highest BCUT2D eigenvalue weighted by atomic mass is 35.5. The first-order valence-corrected chi connectivity index (χ1v) is 9.74. The van der Waals surface area contributed by atoms with E-state index in [1.54, 1.807) is 0 Å². The van der Waals surface area contributed by atoms with Crippen LogP contribution in [0.5, 0.6) is 0 Å². The van der Waals surface area contributed by atoms with Gasteiger partial charge in [0.1, 0.15) is 11.6 Å². The molecule has 0 amide bonds. The summed E-state index contributed by atoms with van der Waals surface area (Å²) in [6.45, 7) is 3.57. The molecular formula is C22H23ClN4. The third-order valence-corrected chi connectivity index (χ3v) is 5.13. The molecular weight excluding hydrogens is 356 g/mol. The van der Waals surface area contributed by atoms with Crippen molar-refractivity contribution >= 4 is 17.7 Å². The molecule has 1 aliphatic rings. The molecule has 0 unspecified atom stereocenters. The number of nitrogens with zero attached hydrogens (tertiary/aromatic N) is 4. The molecule has 0 fully saturated rings. The minimum atomic E-state index is 0.767. The molecule has 1 aliphatic heterocycles. The van der Waals surface area contributed by atoms with Gasteiger partial charge in [-0.2, -0.15) is 0 Å². The van der Waals surface area contributed by atoms with Gasteiger partial charge in [0.25, 0.3) is 0 Å². The van der Waals surface area contributed by atoms with Crippen molar-refractivity contribution in [2.75, 3.05) is 19.6 Å².